The van der Waals surface area contributed by atoms with Crippen molar-refractivity contribution in [3.63, 3.8) is 0 Å². The fourth-order valence-corrected chi connectivity index (χ4v) is 2.24. The average molecular weight is 318 g/mol. The Morgan fingerprint density at radius 1 is 1.05 bits per heavy atom. The van der Waals surface area contributed by atoms with Crippen molar-refractivity contribution in [2.45, 2.75) is 26.6 Å². The van der Waals surface area contributed by atoms with Gasteiger partial charge >= 0.3 is 0 Å². The van der Waals surface area contributed by atoms with Gasteiger partial charge in [0.05, 0.1) is 24.7 Å². The molecular weight excluding hydrogens is 296 g/mol. The monoisotopic (exact) mass is 318 g/mol. The van der Waals surface area contributed by atoms with E-state index in [4.69, 9.17) is 4.74 Å². The number of hydrogen-bond donors (Lipinski definition) is 3. The van der Waals surface area contributed by atoms with Gasteiger partial charge < -0.3 is 9.84 Å². The summed E-state index contributed by atoms with van der Waals surface area (Å²) in [5.74, 6) is -0.0617. The Morgan fingerprint density at radius 2 is 1.58 bits per heavy atom. The summed E-state index contributed by atoms with van der Waals surface area (Å²) in [5.41, 5.74) is 0. The third-order valence-corrected chi connectivity index (χ3v) is 4.96. The number of aliphatic hydroxyl groups excluding tert-OH is 1. The van der Waals surface area contributed by atoms with Crippen LogP contribution in [0.5, 0.6) is 0 Å². The van der Waals surface area contributed by atoms with Crippen LogP contribution in [-0.2, 0) is 24.8 Å². The Bertz CT molecular complexity index is 434. The van der Waals surface area contributed by atoms with E-state index in [9.17, 15) is 21.9 Å². The minimum atomic E-state index is -3.35. The molecule has 3 N–H and O–H groups in total. The predicted molar refractivity (Wildman–Crippen MR) is 71.5 cm³/mol. The number of hydrogen-bond acceptors (Lipinski definition) is 6. The SMILES string of the molecule is CCS(=O)(=O)NCCCOC(O)CNS(=O)(=O)CC. The van der Waals surface area contributed by atoms with E-state index >= 15 is 0 Å². The molecule has 0 fully saturated rings. The van der Waals surface area contributed by atoms with Gasteiger partial charge in [-0.2, -0.15) is 0 Å². The summed E-state index contributed by atoms with van der Waals surface area (Å²) in [7, 11) is -6.57. The lowest BCUT2D eigenvalue weighted by molar-refractivity contribution is -0.0934. The number of ether oxygens (including phenoxy) is 1. The van der Waals surface area contributed by atoms with E-state index in [0.717, 1.165) is 0 Å². The van der Waals surface area contributed by atoms with E-state index in [1.54, 1.807) is 0 Å². The minimum absolute atomic E-state index is 0.00921. The highest BCUT2D eigenvalue weighted by Gasteiger charge is 2.11. The quantitative estimate of drug-likeness (QED) is 0.318. The molecule has 0 saturated carbocycles. The summed E-state index contributed by atoms with van der Waals surface area (Å²) < 4.78 is 53.7. The van der Waals surface area contributed by atoms with Gasteiger partial charge in [0.25, 0.3) is 0 Å². The van der Waals surface area contributed by atoms with Gasteiger partial charge in [-0.1, -0.05) is 0 Å². The van der Waals surface area contributed by atoms with Crippen molar-refractivity contribution in [3.8, 4) is 0 Å². The molecule has 0 aromatic heterocycles. The predicted octanol–water partition coefficient (Wildman–Crippen LogP) is -1.41. The summed E-state index contributed by atoms with van der Waals surface area (Å²) >= 11 is 0. The maximum atomic E-state index is 11.1. The maximum Gasteiger partial charge on any atom is 0.211 e. The van der Waals surface area contributed by atoms with Gasteiger partial charge in [0, 0.05) is 6.54 Å². The summed E-state index contributed by atoms with van der Waals surface area (Å²) in [5, 5.41) is 9.33. The molecule has 10 heteroatoms. The topological polar surface area (TPSA) is 122 Å². The summed E-state index contributed by atoms with van der Waals surface area (Å²) in [6, 6.07) is 0. The van der Waals surface area contributed by atoms with E-state index in [0.29, 0.717) is 6.42 Å². The zero-order valence-electron chi connectivity index (χ0n) is 11.1. The summed E-state index contributed by atoms with van der Waals surface area (Å²) in [4.78, 5) is 0. The third kappa shape index (κ3) is 10.2. The van der Waals surface area contributed by atoms with Crippen LogP contribution in [0, 0.1) is 0 Å². The highest BCUT2D eigenvalue weighted by atomic mass is 32.2. The van der Waals surface area contributed by atoms with Crippen LogP contribution in [0.25, 0.3) is 0 Å². The summed E-state index contributed by atoms with van der Waals surface area (Å²) in [6.07, 6.45) is -0.860. The Hall–Kier alpha value is -0.260. The summed E-state index contributed by atoms with van der Waals surface area (Å²) in [6.45, 7) is 3.12. The molecule has 0 aromatic carbocycles. The number of rotatable bonds is 11. The molecule has 0 amide bonds. The van der Waals surface area contributed by atoms with Crippen molar-refractivity contribution in [1.82, 2.24) is 9.44 Å². The van der Waals surface area contributed by atoms with Crippen LogP contribution in [0.3, 0.4) is 0 Å². The van der Waals surface area contributed by atoms with Crippen LogP contribution >= 0.6 is 0 Å². The Labute approximate surface area is 114 Å². The lowest BCUT2D eigenvalue weighted by atomic mass is 10.5. The van der Waals surface area contributed by atoms with Gasteiger partial charge in [-0.25, -0.2) is 26.3 Å². The molecule has 0 heterocycles. The lowest BCUT2D eigenvalue weighted by Crippen LogP contribution is -2.35. The number of nitrogens with one attached hydrogen (secondary N) is 2. The number of aliphatic hydroxyl groups is 1. The second-order valence-corrected chi connectivity index (χ2v) is 7.92. The average Bonchev–Trinajstić information content (AvgIpc) is 2.36. The van der Waals surface area contributed by atoms with E-state index < -0.39 is 26.3 Å². The Kier molecular flexibility index (Phi) is 8.70. The van der Waals surface area contributed by atoms with Crippen molar-refractivity contribution in [3.05, 3.63) is 0 Å². The molecule has 0 aliphatic carbocycles. The molecule has 19 heavy (non-hydrogen) atoms. The molecule has 0 spiro atoms. The van der Waals surface area contributed by atoms with Gasteiger partial charge in [0.15, 0.2) is 6.29 Å². The zero-order valence-corrected chi connectivity index (χ0v) is 12.8. The normalized spacial score (nSPS) is 14.5. The maximum absolute atomic E-state index is 11.1. The van der Waals surface area contributed by atoms with Crippen molar-refractivity contribution >= 4 is 20.0 Å². The van der Waals surface area contributed by atoms with Crippen LogP contribution in [0.4, 0.5) is 0 Å². The van der Waals surface area contributed by atoms with Crippen LogP contribution in [-0.4, -0.2) is 59.4 Å². The molecule has 0 aliphatic heterocycles. The highest BCUT2D eigenvalue weighted by molar-refractivity contribution is 7.89. The first kappa shape index (κ1) is 18.7. The van der Waals surface area contributed by atoms with Crippen LogP contribution < -0.4 is 9.44 Å². The van der Waals surface area contributed by atoms with Gasteiger partial charge in [-0.05, 0) is 20.3 Å². The van der Waals surface area contributed by atoms with Gasteiger partial charge in [-0.15, -0.1) is 0 Å². The molecule has 1 atom stereocenters. The van der Waals surface area contributed by atoms with Gasteiger partial charge in [0.2, 0.25) is 20.0 Å². The van der Waals surface area contributed by atoms with Crippen molar-refractivity contribution < 1.29 is 26.7 Å². The van der Waals surface area contributed by atoms with E-state index in [1.165, 1.54) is 13.8 Å². The molecule has 0 aromatic rings. The van der Waals surface area contributed by atoms with Crippen molar-refractivity contribution in [1.29, 1.82) is 0 Å². The van der Waals surface area contributed by atoms with Gasteiger partial charge in [0.1, 0.15) is 0 Å². The third-order valence-electron chi connectivity index (χ3n) is 2.19. The first-order valence-electron chi connectivity index (χ1n) is 5.96. The fourth-order valence-electron chi connectivity index (χ4n) is 0.981. The van der Waals surface area contributed by atoms with Crippen molar-refractivity contribution in [2.75, 3.05) is 31.2 Å². The molecular formula is C9H22N2O6S2. The van der Waals surface area contributed by atoms with E-state index in [2.05, 4.69) is 9.44 Å². The van der Waals surface area contributed by atoms with Crippen LogP contribution in [0.15, 0.2) is 0 Å². The van der Waals surface area contributed by atoms with E-state index in [1.807, 2.05) is 0 Å². The molecule has 0 aliphatic rings. The molecule has 0 saturated heterocycles. The minimum Gasteiger partial charge on any atom is -0.367 e. The highest BCUT2D eigenvalue weighted by Crippen LogP contribution is 1.91. The molecule has 8 nitrogen and oxygen atoms in total. The number of sulfonamides is 2. The molecule has 1 unspecified atom stereocenters. The second-order valence-electron chi connectivity index (χ2n) is 3.73. The second kappa shape index (κ2) is 8.82. The van der Waals surface area contributed by atoms with Gasteiger partial charge in [-0.3, -0.25) is 0 Å². The smallest absolute Gasteiger partial charge is 0.211 e. The molecule has 116 valence electrons. The molecule has 0 radical (unpaired) electrons. The zero-order chi connectivity index (χ0) is 14.9. The Morgan fingerprint density at radius 3 is 2.11 bits per heavy atom. The lowest BCUT2D eigenvalue weighted by Gasteiger charge is -2.12. The first-order valence-corrected chi connectivity index (χ1v) is 9.27. The van der Waals surface area contributed by atoms with Crippen molar-refractivity contribution in [2.24, 2.45) is 0 Å². The molecule has 0 bridgehead atoms. The largest absolute Gasteiger partial charge is 0.367 e. The first-order chi connectivity index (χ1) is 8.72. The Balaban J connectivity index is 3.68. The standard InChI is InChI=1S/C9H22N2O6S2/c1-3-18(13,14)10-6-5-7-17-9(12)8-11-19(15,16)4-2/h9-12H,3-8H2,1-2H3. The molecule has 0 rings (SSSR count). The van der Waals surface area contributed by atoms with Crippen LogP contribution in [0.2, 0.25) is 0 Å². The fraction of sp³-hybridized carbons (Fsp3) is 1.00. The van der Waals surface area contributed by atoms with E-state index in [-0.39, 0.29) is 31.2 Å². The van der Waals surface area contributed by atoms with Crippen LogP contribution in [0.1, 0.15) is 20.3 Å².